The molecular formula is C15H16F2N2O3. The predicted molar refractivity (Wildman–Crippen MR) is 74.7 cm³/mol. The van der Waals surface area contributed by atoms with Crippen molar-refractivity contribution in [2.24, 2.45) is 0 Å². The molecule has 7 heteroatoms. The first kappa shape index (κ1) is 16.1. The number of nitrogens with zero attached hydrogens (tertiary/aromatic N) is 1. The molecule has 1 aromatic carbocycles. The summed E-state index contributed by atoms with van der Waals surface area (Å²) < 4.78 is 30.1. The van der Waals surface area contributed by atoms with E-state index in [-0.39, 0.29) is 17.9 Å². The number of carbonyl (C=O) groups is 1. The van der Waals surface area contributed by atoms with Gasteiger partial charge in [0.05, 0.1) is 18.3 Å². The highest BCUT2D eigenvalue weighted by molar-refractivity contribution is 5.96. The second-order valence-electron chi connectivity index (χ2n) is 4.85. The minimum atomic E-state index is -2.93. The van der Waals surface area contributed by atoms with Crippen LogP contribution in [0.1, 0.15) is 33.8 Å². The first-order valence-corrected chi connectivity index (χ1v) is 6.73. The quantitative estimate of drug-likeness (QED) is 0.858. The van der Waals surface area contributed by atoms with Crippen molar-refractivity contribution < 1.29 is 23.2 Å². The lowest BCUT2D eigenvalue weighted by Gasteiger charge is -2.16. The number of hydrogen-bond donors (Lipinski definition) is 2. The van der Waals surface area contributed by atoms with Gasteiger partial charge < -0.3 is 14.9 Å². The smallest absolute Gasteiger partial charge is 0.298 e. The number of carbonyl (C=O) groups excluding carboxylic acids is 1. The van der Waals surface area contributed by atoms with Gasteiger partial charge in [-0.2, -0.15) is 0 Å². The Morgan fingerprint density at radius 1 is 1.36 bits per heavy atom. The fourth-order valence-electron chi connectivity index (χ4n) is 2.13. The van der Waals surface area contributed by atoms with E-state index < -0.39 is 24.1 Å². The maximum atomic E-state index is 12.8. The maximum absolute atomic E-state index is 12.8. The van der Waals surface area contributed by atoms with Crippen LogP contribution in [0.5, 0.6) is 0 Å². The standard InChI is InChI=1S/C15H16F2N2O3/c1-9-12(13(14(16)17)22-19-9)15(21)18-11(8-20)7-10-5-3-2-4-6-10/h2-6,11,14,20H,7-8H2,1H3,(H,18,21). The monoisotopic (exact) mass is 310 g/mol. The average molecular weight is 310 g/mol. The van der Waals surface area contributed by atoms with Crippen molar-refractivity contribution in [2.75, 3.05) is 6.61 Å². The molecule has 0 aliphatic rings. The first-order valence-electron chi connectivity index (χ1n) is 6.73. The van der Waals surface area contributed by atoms with Crippen molar-refractivity contribution in [3.05, 3.63) is 52.9 Å². The highest BCUT2D eigenvalue weighted by Gasteiger charge is 2.28. The fraction of sp³-hybridized carbons (Fsp3) is 0.333. The van der Waals surface area contributed by atoms with Crippen LogP contribution in [0.15, 0.2) is 34.9 Å². The van der Waals surface area contributed by atoms with Gasteiger partial charge in [0.15, 0.2) is 0 Å². The molecule has 1 heterocycles. The Hall–Kier alpha value is -2.28. The lowest BCUT2D eigenvalue weighted by Crippen LogP contribution is -2.39. The SMILES string of the molecule is Cc1noc(C(F)F)c1C(=O)NC(CO)Cc1ccccc1. The molecule has 0 aliphatic carbocycles. The molecular weight excluding hydrogens is 294 g/mol. The van der Waals surface area contributed by atoms with Gasteiger partial charge in [-0.05, 0) is 18.9 Å². The number of nitrogens with one attached hydrogen (secondary N) is 1. The zero-order valence-electron chi connectivity index (χ0n) is 11.9. The van der Waals surface area contributed by atoms with Gasteiger partial charge in [-0.1, -0.05) is 35.5 Å². The Morgan fingerprint density at radius 3 is 2.64 bits per heavy atom. The molecule has 1 unspecified atom stereocenters. The third-order valence-electron chi connectivity index (χ3n) is 3.19. The van der Waals surface area contributed by atoms with E-state index in [2.05, 4.69) is 15.0 Å². The number of halogens is 2. The Bertz CT molecular complexity index is 629. The zero-order valence-corrected chi connectivity index (χ0v) is 11.9. The van der Waals surface area contributed by atoms with Gasteiger partial charge in [-0.3, -0.25) is 4.79 Å². The van der Waals surface area contributed by atoms with Gasteiger partial charge in [0.2, 0.25) is 5.76 Å². The van der Waals surface area contributed by atoms with Crippen molar-refractivity contribution in [3.8, 4) is 0 Å². The Kier molecular flexibility index (Phi) is 5.21. The second kappa shape index (κ2) is 7.13. The number of alkyl halides is 2. The number of aliphatic hydroxyl groups is 1. The minimum Gasteiger partial charge on any atom is -0.394 e. The van der Waals surface area contributed by atoms with Crippen LogP contribution in [-0.4, -0.2) is 28.8 Å². The van der Waals surface area contributed by atoms with E-state index in [4.69, 9.17) is 0 Å². The van der Waals surface area contributed by atoms with Crippen LogP contribution in [0.25, 0.3) is 0 Å². The number of rotatable bonds is 6. The van der Waals surface area contributed by atoms with Crippen molar-refractivity contribution in [3.63, 3.8) is 0 Å². The Labute approximate surface area is 125 Å². The number of hydrogen-bond acceptors (Lipinski definition) is 4. The third-order valence-corrected chi connectivity index (χ3v) is 3.19. The summed E-state index contributed by atoms with van der Waals surface area (Å²) in [6, 6.07) is 8.64. The molecule has 2 aromatic rings. The molecule has 5 nitrogen and oxygen atoms in total. The molecule has 2 rings (SSSR count). The van der Waals surface area contributed by atoms with E-state index in [1.54, 1.807) is 0 Å². The molecule has 2 N–H and O–H groups in total. The van der Waals surface area contributed by atoms with E-state index in [9.17, 15) is 18.7 Å². The van der Waals surface area contributed by atoms with E-state index in [0.717, 1.165) is 5.56 Å². The lowest BCUT2D eigenvalue weighted by atomic mass is 10.1. The summed E-state index contributed by atoms with van der Waals surface area (Å²) in [7, 11) is 0. The summed E-state index contributed by atoms with van der Waals surface area (Å²) in [6.07, 6.45) is -2.54. The fourth-order valence-corrected chi connectivity index (χ4v) is 2.13. The van der Waals surface area contributed by atoms with Gasteiger partial charge in [0.25, 0.3) is 12.3 Å². The largest absolute Gasteiger partial charge is 0.394 e. The van der Waals surface area contributed by atoms with Crippen LogP contribution >= 0.6 is 0 Å². The van der Waals surface area contributed by atoms with E-state index in [1.165, 1.54) is 6.92 Å². The Balaban J connectivity index is 2.11. The molecule has 22 heavy (non-hydrogen) atoms. The van der Waals surface area contributed by atoms with Crippen molar-refractivity contribution in [1.82, 2.24) is 10.5 Å². The molecule has 118 valence electrons. The average Bonchev–Trinajstić information content (AvgIpc) is 2.89. The van der Waals surface area contributed by atoms with Crippen LogP contribution in [0.4, 0.5) is 8.78 Å². The van der Waals surface area contributed by atoms with Crippen LogP contribution < -0.4 is 5.32 Å². The molecule has 0 saturated heterocycles. The Morgan fingerprint density at radius 2 is 2.05 bits per heavy atom. The molecule has 0 radical (unpaired) electrons. The first-order chi connectivity index (χ1) is 10.5. The van der Waals surface area contributed by atoms with Crippen LogP contribution in [0, 0.1) is 6.92 Å². The summed E-state index contributed by atoms with van der Waals surface area (Å²) in [5, 5.41) is 15.3. The second-order valence-corrected chi connectivity index (χ2v) is 4.85. The topological polar surface area (TPSA) is 75.4 Å². The van der Waals surface area contributed by atoms with Crippen LogP contribution in [0.3, 0.4) is 0 Å². The van der Waals surface area contributed by atoms with Crippen LogP contribution in [0.2, 0.25) is 0 Å². The van der Waals surface area contributed by atoms with Gasteiger partial charge in [0, 0.05) is 0 Å². The normalized spacial score (nSPS) is 12.4. The highest BCUT2D eigenvalue weighted by Crippen LogP contribution is 2.25. The highest BCUT2D eigenvalue weighted by atomic mass is 19.3. The lowest BCUT2D eigenvalue weighted by molar-refractivity contribution is 0.0877. The molecule has 1 amide bonds. The molecule has 1 atom stereocenters. The summed E-state index contributed by atoms with van der Waals surface area (Å²) >= 11 is 0. The number of aromatic nitrogens is 1. The minimum absolute atomic E-state index is 0.0872. The number of aryl methyl sites for hydroxylation is 1. The van der Waals surface area contributed by atoms with Gasteiger partial charge >= 0.3 is 0 Å². The molecule has 1 aromatic heterocycles. The number of aliphatic hydroxyl groups excluding tert-OH is 1. The summed E-state index contributed by atoms with van der Waals surface area (Å²) in [6.45, 7) is 1.10. The summed E-state index contributed by atoms with van der Waals surface area (Å²) in [5.74, 6) is -1.49. The summed E-state index contributed by atoms with van der Waals surface area (Å²) in [4.78, 5) is 12.2. The molecule has 0 spiro atoms. The van der Waals surface area contributed by atoms with Crippen LogP contribution in [-0.2, 0) is 6.42 Å². The molecule has 0 bridgehead atoms. The van der Waals surface area contributed by atoms with Gasteiger partial charge in [0.1, 0.15) is 5.56 Å². The van der Waals surface area contributed by atoms with Crippen molar-refractivity contribution in [2.45, 2.75) is 25.8 Å². The predicted octanol–water partition coefficient (Wildman–Crippen LogP) is 2.25. The molecule has 0 fully saturated rings. The van der Waals surface area contributed by atoms with E-state index in [1.807, 2.05) is 30.3 Å². The molecule has 0 saturated carbocycles. The third kappa shape index (κ3) is 3.67. The number of benzene rings is 1. The molecule has 0 aliphatic heterocycles. The van der Waals surface area contributed by atoms with Gasteiger partial charge in [-0.15, -0.1) is 0 Å². The zero-order chi connectivity index (χ0) is 16.1. The van der Waals surface area contributed by atoms with E-state index in [0.29, 0.717) is 6.42 Å². The summed E-state index contributed by atoms with van der Waals surface area (Å²) in [5.41, 5.74) is 0.726. The number of amides is 1. The van der Waals surface area contributed by atoms with Crippen molar-refractivity contribution >= 4 is 5.91 Å². The maximum Gasteiger partial charge on any atom is 0.298 e. The van der Waals surface area contributed by atoms with Crippen molar-refractivity contribution in [1.29, 1.82) is 0 Å². The van der Waals surface area contributed by atoms with Gasteiger partial charge in [-0.25, -0.2) is 8.78 Å². The van der Waals surface area contributed by atoms with E-state index >= 15 is 0 Å².